The molecule has 0 aromatic rings. The van der Waals surface area contributed by atoms with Crippen molar-refractivity contribution in [2.24, 2.45) is 11.8 Å². The lowest BCUT2D eigenvalue weighted by Crippen LogP contribution is -2.42. The summed E-state index contributed by atoms with van der Waals surface area (Å²) in [4.78, 5) is 36.5. The highest BCUT2D eigenvalue weighted by Crippen LogP contribution is 2.35. The predicted octanol–water partition coefficient (Wildman–Crippen LogP) is 3.12. The summed E-state index contributed by atoms with van der Waals surface area (Å²) >= 11 is 0. The first-order chi connectivity index (χ1) is 15.3. The van der Waals surface area contributed by atoms with Gasteiger partial charge >= 0.3 is 18.2 Å². The van der Waals surface area contributed by atoms with Gasteiger partial charge in [-0.1, -0.05) is 0 Å². The summed E-state index contributed by atoms with van der Waals surface area (Å²) < 4.78 is 10.6. The molecule has 9 nitrogen and oxygen atoms in total. The monoisotopic (exact) mass is 453 g/mol. The minimum absolute atomic E-state index is 0.0863. The number of nitrogens with one attached hydrogen (secondary N) is 2. The van der Waals surface area contributed by atoms with Crippen LogP contribution < -0.4 is 10.6 Å². The molecule has 2 saturated carbocycles. The maximum absolute atomic E-state index is 12.4. The summed E-state index contributed by atoms with van der Waals surface area (Å²) in [6.45, 7) is 5.11. The largest absolute Gasteiger partial charge is 0.465 e. The Bertz CT molecular complexity index is 644. The Hall–Kier alpha value is -2.03. The molecular weight excluding hydrogens is 414 g/mol. The fourth-order valence-corrected chi connectivity index (χ4v) is 5.23. The average Bonchev–Trinajstić information content (AvgIpc) is 3.43. The Balaban J connectivity index is 1.32. The highest BCUT2D eigenvalue weighted by molar-refractivity contribution is 5.68. The van der Waals surface area contributed by atoms with Crippen LogP contribution in [0.3, 0.4) is 0 Å². The first kappa shape index (κ1) is 24.6. The normalized spacial score (nSPS) is 32.9. The van der Waals surface area contributed by atoms with Crippen LogP contribution in [0.5, 0.6) is 0 Å². The number of rotatable bonds is 9. The van der Waals surface area contributed by atoms with Gasteiger partial charge in [-0.25, -0.2) is 9.59 Å². The van der Waals surface area contributed by atoms with Crippen LogP contribution in [0.25, 0.3) is 0 Å². The zero-order chi connectivity index (χ0) is 23.1. The second-order valence-corrected chi connectivity index (χ2v) is 9.90. The fourth-order valence-electron chi connectivity index (χ4n) is 5.23. The van der Waals surface area contributed by atoms with Crippen molar-refractivity contribution < 1.29 is 29.0 Å². The molecule has 0 bridgehead atoms. The molecule has 3 N–H and O–H groups in total. The van der Waals surface area contributed by atoms with Gasteiger partial charge in [-0.15, -0.1) is 0 Å². The van der Waals surface area contributed by atoms with Crippen LogP contribution in [0.4, 0.5) is 9.59 Å². The van der Waals surface area contributed by atoms with Crippen molar-refractivity contribution in [2.75, 3.05) is 19.7 Å². The Kier molecular flexibility index (Phi) is 9.02. The second kappa shape index (κ2) is 11.7. The van der Waals surface area contributed by atoms with E-state index in [2.05, 4.69) is 22.5 Å². The van der Waals surface area contributed by atoms with Crippen LogP contribution in [0.1, 0.15) is 71.6 Å². The number of alkyl carbamates (subject to hydrolysis) is 1. The predicted molar refractivity (Wildman–Crippen MR) is 118 cm³/mol. The van der Waals surface area contributed by atoms with Crippen molar-refractivity contribution in [3.05, 3.63) is 0 Å². The van der Waals surface area contributed by atoms with E-state index in [4.69, 9.17) is 14.6 Å². The third-order valence-corrected chi connectivity index (χ3v) is 7.18. The van der Waals surface area contributed by atoms with Crippen LogP contribution in [-0.4, -0.2) is 72.1 Å². The maximum Gasteiger partial charge on any atom is 0.407 e. The van der Waals surface area contributed by atoms with Crippen molar-refractivity contribution in [3.8, 4) is 0 Å². The first-order valence-electron chi connectivity index (χ1n) is 12.1. The Morgan fingerprint density at radius 2 is 1.50 bits per heavy atom. The second-order valence-electron chi connectivity index (χ2n) is 9.90. The van der Waals surface area contributed by atoms with Gasteiger partial charge in [0.2, 0.25) is 0 Å². The molecule has 182 valence electrons. The molecule has 9 heteroatoms. The minimum Gasteiger partial charge on any atom is -0.465 e. The van der Waals surface area contributed by atoms with E-state index in [1.54, 1.807) is 0 Å². The minimum atomic E-state index is -0.921. The van der Waals surface area contributed by atoms with Crippen molar-refractivity contribution in [1.82, 2.24) is 15.5 Å². The van der Waals surface area contributed by atoms with E-state index in [1.807, 2.05) is 0 Å². The van der Waals surface area contributed by atoms with Crippen LogP contribution in [0.2, 0.25) is 0 Å². The van der Waals surface area contributed by atoms with Gasteiger partial charge in [0, 0.05) is 38.1 Å². The number of carbonyl (C=O) groups excluding carboxylic acids is 2. The number of carboxylic acid groups (broad SMARTS) is 1. The lowest BCUT2D eigenvalue weighted by Gasteiger charge is -2.34. The van der Waals surface area contributed by atoms with Crippen molar-refractivity contribution >= 4 is 18.2 Å². The molecule has 32 heavy (non-hydrogen) atoms. The van der Waals surface area contributed by atoms with Gasteiger partial charge in [-0.2, -0.15) is 0 Å². The third kappa shape index (κ3) is 8.48. The Morgan fingerprint density at radius 3 is 1.97 bits per heavy atom. The summed E-state index contributed by atoms with van der Waals surface area (Å²) in [5.41, 5.74) is 0. The zero-order valence-corrected chi connectivity index (χ0v) is 19.4. The quantitative estimate of drug-likeness (QED) is 0.363. The molecule has 0 aromatic carbocycles. The molecule has 3 aliphatic rings. The van der Waals surface area contributed by atoms with Crippen LogP contribution in [-0.2, 0) is 14.3 Å². The molecule has 2 amide bonds. The van der Waals surface area contributed by atoms with Gasteiger partial charge in [-0.3, -0.25) is 9.69 Å². The van der Waals surface area contributed by atoms with Gasteiger partial charge in [0.1, 0.15) is 6.61 Å². The van der Waals surface area contributed by atoms with E-state index in [9.17, 15) is 14.4 Å². The highest BCUT2D eigenvalue weighted by atomic mass is 16.6. The molecule has 0 spiro atoms. The molecule has 1 heterocycles. The lowest BCUT2D eigenvalue weighted by molar-refractivity contribution is -0.144. The van der Waals surface area contributed by atoms with Gasteiger partial charge in [-0.05, 0) is 76.5 Å². The molecule has 1 saturated heterocycles. The number of nitrogens with zero attached hydrogens (tertiary/aromatic N) is 1. The number of hydrogen-bond acceptors (Lipinski definition) is 6. The number of ether oxygens (including phenoxy) is 2. The summed E-state index contributed by atoms with van der Waals surface area (Å²) in [5, 5.41) is 14.5. The van der Waals surface area contributed by atoms with Crippen molar-refractivity contribution in [1.29, 1.82) is 0 Å². The van der Waals surface area contributed by atoms with Crippen LogP contribution in [0, 0.1) is 11.8 Å². The highest BCUT2D eigenvalue weighted by Gasteiger charge is 2.33. The number of amides is 2. The van der Waals surface area contributed by atoms with Crippen LogP contribution >= 0.6 is 0 Å². The summed E-state index contributed by atoms with van der Waals surface area (Å²) in [6.07, 6.45) is 7.56. The number of hydrogen-bond donors (Lipinski definition) is 3. The van der Waals surface area contributed by atoms with E-state index in [0.29, 0.717) is 24.4 Å². The number of esters is 1. The molecule has 0 aromatic heterocycles. The number of carbonyl (C=O) groups is 3. The molecule has 3 atom stereocenters. The average molecular weight is 454 g/mol. The summed E-state index contributed by atoms with van der Waals surface area (Å²) in [5.74, 6) is 0.991. The van der Waals surface area contributed by atoms with Gasteiger partial charge in [0.25, 0.3) is 0 Å². The summed E-state index contributed by atoms with van der Waals surface area (Å²) in [6, 6.07) is 0.725. The molecule has 3 fully saturated rings. The molecule has 3 rings (SSSR count). The van der Waals surface area contributed by atoms with Gasteiger partial charge < -0.3 is 25.2 Å². The Labute approximate surface area is 190 Å². The van der Waals surface area contributed by atoms with E-state index >= 15 is 0 Å². The summed E-state index contributed by atoms with van der Waals surface area (Å²) in [7, 11) is 0. The molecule has 1 aliphatic heterocycles. The van der Waals surface area contributed by atoms with Gasteiger partial charge in [0.15, 0.2) is 6.10 Å². The van der Waals surface area contributed by atoms with Crippen LogP contribution in [0.15, 0.2) is 0 Å². The topological polar surface area (TPSA) is 117 Å². The maximum atomic E-state index is 12.4. The zero-order valence-electron chi connectivity index (χ0n) is 19.4. The standard InChI is InChI=1S/C23H39N3O6/c1-15-12-26(15)13-21(14-31-16(2)27)32-23(30)25-20-9-5-18(6-10-20)11-17-3-7-19(8-4-17)24-22(28)29/h15,17-21,24H,3-14H2,1-2H3,(H,25,30)(H,28,29). The van der Waals surface area contributed by atoms with E-state index in [0.717, 1.165) is 57.9 Å². The van der Waals surface area contributed by atoms with E-state index < -0.39 is 18.3 Å². The van der Waals surface area contributed by atoms with E-state index in [1.165, 1.54) is 13.3 Å². The first-order valence-corrected chi connectivity index (χ1v) is 12.1. The molecule has 3 unspecified atom stereocenters. The molecule has 0 radical (unpaired) electrons. The molecular formula is C23H39N3O6. The fraction of sp³-hybridized carbons (Fsp3) is 0.870. The smallest absolute Gasteiger partial charge is 0.407 e. The van der Waals surface area contributed by atoms with Crippen molar-refractivity contribution in [3.63, 3.8) is 0 Å². The van der Waals surface area contributed by atoms with E-state index in [-0.39, 0.29) is 24.7 Å². The third-order valence-electron chi connectivity index (χ3n) is 7.18. The SMILES string of the molecule is CC(=O)OCC(CN1CC1C)OC(=O)NC1CCC(CC2CCC(NC(=O)O)CC2)CC1. The lowest BCUT2D eigenvalue weighted by atomic mass is 9.76. The Morgan fingerprint density at radius 1 is 0.969 bits per heavy atom. The van der Waals surface area contributed by atoms with Crippen molar-refractivity contribution in [2.45, 2.75) is 95.9 Å². The van der Waals surface area contributed by atoms with Gasteiger partial charge in [0.05, 0.1) is 0 Å². The molecule has 2 aliphatic carbocycles.